The van der Waals surface area contributed by atoms with Gasteiger partial charge in [0.05, 0.1) is 12.6 Å². The zero-order valence-electron chi connectivity index (χ0n) is 11.3. The van der Waals surface area contributed by atoms with Crippen LogP contribution in [0, 0.1) is 11.3 Å². The molecule has 1 aromatic heterocycles. The molecule has 0 aromatic carbocycles. The van der Waals surface area contributed by atoms with Crippen LogP contribution in [0.2, 0.25) is 5.15 Å². The minimum atomic E-state index is 0.333. The molecule has 2 aliphatic rings. The standard InChI is InChI=1S/C14H18ClN5/c15-14-12(10-3-4-10)8-13(18-19-14)17-11-2-1-6-20(9-11)7-5-16/h8,10-11H,1-4,6-7,9H2,(H,17,18)/t11-/m1/s1. The van der Waals surface area contributed by atoms with E-state index in [1.165, 1.54) is 12.8 Å². The highest BCUT2D eigenvalue weighted by molar-refractivity contribution is 6.30. The van der Waals surface area contributed by atoms with Crippen molar-refractivity contribution in [1.82, 2.24) is 15.1 Å². The third-order valence-corrected chi connectivity index (χ3v) is 4.24. The Balaban J connectivity index is 1.65. The van der Waals surface area contributed by atoms with E-state index in [2.05, 4.69) is 26.5 Å². The first kappa shape index (κ1) is 13.6. The molecule has 2 heterocycles. The fraction of sp³-hybridized carbons (Fsp3) is 0.643. The molecule has 1 aliphatic carbocycles. The Kier molecular flexibility index (Phi) is 4.04. The number of piperidine rings is 1. The van der Waals surface area contributed by atoms with Crippen LogP contribution in [0.1, 0.15) is 37.2 Å². The number of hydrogen-bond donors (Lipinski definition) is 1. The van der Waals surface area contributed by atoms with Gasteiger partial charge in [-0.05, 0) is 49.8 Å². The Bertz CT molecular complexity index is 523. The summed E-state index contributed by atoms with van der Waals surface area (Å²) in [5.74, 6) is 1.38. The van der Waals surface area contributed by atoms with Gasteiger partial charge in [0.2, 0.25) is 0 Å². The molecule has 6 heteroatoms. The van der Waals surface area contributed by atoms with Gasteiger partial charge in [0.25, 0.3) is 0 Å². The number of hydrogen-bond acceptors (Lipinski definition) is 5. The lowest BCUT2D eigenvalue weighted by molar-refractivity contribution is 0.239. The van der Waals surface area contributed by atoms with E-state index in [1.807, 2.05) is 6.07 Å². The number of aromatic nitrogens is 2. The number of anilines is 1. The summed E-state index contributed by atoms with van der Waals surface area (Å²) in [5.41, 5.74) is 1.12. The molecule has 0 spiro atoms. The second-order valence-corrected chi connectivity index (χ2v) is 5.98. The molecule has 5 nitrogen and oxygen atoms in total. The van der Waals surface area contributed by atoms with E-state index in [1.54, 1.807) is 0 Å². The molecule has 0 bridgehead atoms. The lowest BCUT2D eigenvalue weighted by Gasteiger charge is -2.31. The summed E-state index contributed by atoms with van der Waals surface area (Å²) in [6.07, 6.45) is 4.61. The van der Waals surface area contributed by atoms with Gasteiger partial charge in [0, 0.05) is 12.6 Å². The molecule has 3 rings (SSSR count). The van der Waals surface area contributed by atoms with Gasteiger partial charge in [-0.1, -0.05) is 11.6 Å². The van der Waals surface area contributed by atoms with Crippen molar-refractivity contribution in [2.24, 2.45) is 0 Å². The quantitative estimate of drug-likeness (QED) is 0.863. The molecule has 1 aromatic rings. The molecule has 0 unspecified atom stereocenters. The molecule has 1 N–H and O–H groups in total. The summed E-state index contributed by atoms with van der Waals surface area (Å²) in [4.78, 5) is 2.17. The SMILES string of the molecule is N#CCN1CCC[C@@H](Nc2cc(C3CC3)c(Cl)nn2)C1. The Morgan fingerprint density at radius 2 is 2.25 bits per heavy atom. The van der Waals surface area contributed by atoms with E-state index in [0.29, 0.717) is 23.7 Å². The van der Waals surface area contributed by atoms with Gasteiger partial charge in [-0.2, -0.15) is 5.26 Å². The van der Waals surface area contributed by atoms with Crippen LogP contribution in [-0.2, 0) is 0 Å². The number of likely N-dealkylation sites (tertiary alicyclic amines) is 1. The van der Waals surface area contributed by atoms with Gasteiger partial charge in [0.1, 0.15) is 5.82 Å². The Morgan fingerprint density at radius 1 is 1.40 bits per heavy atom. The van der Waals surface area contributed by atoms with Crippen LogP contribution in [0.3, 0.4) is 0 Å². The zero-order chi connectivity index (χ0) is 13.9. The van der Waals surface area contributed by atoms with E-state index in [-0.39, 0.29) is 0 Å². The van der Waals surface area contributed by atoms with E-state index < -0.39 is 0 Å². The monoisotopic (exact) mass is 291 g/mol. The van der Waals surface area contributed by atoms with Gasteiger partial charge < -0.3 is 5.32 Å². The van der Waals surface area contributed by atoms with Crippen molar-refractivity contribution in [3.8, 4) is 6.07 Å². The zero-order valence-corrected chi connectivity index (χ0v) is 12.1. The van der Waals surface area contributed by atoms with Crippen molar-refractivity contribution in [2.75, 3.05) is 25.0 Å². The molecule has 20 heavy (non-hydrogen) atoms. The summed E-state index contributed by atoms with van der Waals surface area (Å²) >= 11 is 6.09. The molecular weight excluding hydrogens is 274 g/mol. The lowest BCUT2D eigenvalue weighted by atomic mass is 10.1. The predicted molar refractivity (Wildman–Crippen MR) is 77.7 cm³/mol. The Hall–Kier alpha value is -1.38. The lowest BCUT2D eigenvalue weighted by Crippen LogP contribution is -2.42. The molecule has 1 saturated carbocycles. The topological polar surface area (TPSA) is 64.8 Å². The summed E-state index contributed by atoms with van der Waals surface area (Å²) < 4.78 is 0. The third kappa shape index (κ3) is 3.20. The minimum absolute atomic E-state index is 0.333. The first-order valence-corrected chi connectivity index (χ1v) is 7.53. The van der Waals surface area contributed by atoms with Crippen molar-refractivity contribution in [3.63, 3.8) is 0 Å². The molecular formula is C14H18ClN5. The molecule has 0 radical (unpaired) electrons. The highest BCUT2D eigenvalue weighted by atomic mass is 35.5. The first-order chi connectivity index (χ1) is 9.76. The van der Waals surface area contributed by atoms with Crippen molar-refractivity contribution >= 4 is 17.4 Å². The average Bonchev–Trinajstić information content (AvgIpc) is 3.26. The minimum Gasteiger partial charge on any atom is -0.365 e. The van der Waals surface area contributed by atoms with Crippen LogP contribution in [0.25, 0.3) is 0 Å². The highest BCUT2D eigenvalue weighted by Crippen LogP contribution is 2.43. The number of rotatable bonds is 4. The van der Waals surface area contributed by atoms with E-state index in [4.69, 9.17) is 16.9 Å². The van der Waals surface area contributed by atoms with E-state index in [0.717, 1.165) is 37.3 Å². The third-order valence-electron chi connectivity index (χ3n) is 3.94. The first-order valence-electron chi connectivity index (χ1n) is 7.15. The number of halogens is 1. The van der Waals surface area contributed by atoms with Crippen LogP contribution >= 0.6 is 11.6 Å². The van der Waals surface area contributed by atoms with Gasteiger partial charge in [-0.3, -0.25) is 4.90 Å². The smallest absolute Gasteiger partial charge is 0.155 e. The normalized spacial score (nSPS) is 23.3. The number of nitrogens with zero attached hydrogens (tertiary/aromatic N) is 4. The molecule has 1 aliphatic heterocycles. The Labute approximate surface area is 123 Å². The highest BCUT2D eigenvalue weighted by Gasteiger charge is 2.27. The van der Waals surface area contributed by atoms with Gasteiger partial charge >= 0.3 is 0 Å². The molecule has 0 amide bonds. The summed E-state index contributed by atoms with van der Waals surface area (Å²) in [5, 5.41) is 20.9. The molecule has 1 saturated heterocycles. The summed E-state index contributed by atoms with van der Waals surface area (Å²) in [6, 6.07) is 4.59. The fourth-order valence-corrected chi connectivity index (χ4v) is 3.02. The number of nitrogens with one attached hydrogen (secondary N) is 1. The number of nitriles is 1. The maximum absolute atomic E-state index is 8.78. The summed E-state index contributed by atoms with van der Waals surface area (Å²) in [7, 11) is 0. The van der Waals surface area contributed by atoms with Crippen molar-refractivity contribution in [2.45, 2.75) is 37.6 Å². The van der Waals surface area contributed by atoms with Crippen molar-refractivity contribution < 1.29 is 0 Å². The largest absolute Gasteiger partial charge is 0.365 e. The second-order valence-electron chi connectivity index (χ2n) is 5.63. The van der Waals surface area contributed by atoms with Crippen molar-refractivity contribution in [3.05, 3.63) is 16.8 Å². The predicted octanol–water partition coefficient (Wildman–Crippen LogP) is 2.41. The van der Waals surface area contributed by atoms with Crippen molar-refractivity contribution in [1.29, 1.82) is 5.26 Å². The summed E-state index contributed by atoms with van der Waals surface area (Å²) in [6.45, 7) is 2.39. The van der Waals surface area contributed by atoms with Crippen LogP contribution in [0.15, 0.2) is 6.07 Å². The molecule has 1 atom stereocenters. The van der Waals surface area contributed by atoms with Crippen LogP contribution in [0.4, 0.5) is 5.82 Å². The van der Waals surface area contributed by atoms with Gasteiger partial charge in [-0.15, -0.1) is 10.2 Å². The molecule has 106 valence electrons. The van der Waals surface area contributed by atoms with Gasteiger partial charge in [0.15, 0.2) is 5.15 Å². The van der Waals surface area contributed by atoms with E-state index >= 15 is 0 Å². The molecule has 2 fully saturated rings. The maximum atomic E-state index is 8.78. The van der Waals surface area contributed by atoms with E-state index in [9.17, 15) is 0 Å². The second kappa shape index (κ2) is 5.94. The maximum Gasteiger partial charge on any atom is 0.155 e. The van der Waals surface area contributed by atoms with Gasteiger partial charge in [-0.25, -0.2) is 0 Å². The average molecular weight is 292 g/mol. The Morgan fingerprint density at radius 3 is 3.00 bits per heavy atom. The van der Waals surface area contributed by atoms with Crippen LogP contribution < -0.4 is 5.32 Å². The van der Waals surface area contributed by atoms with Crippen LogP contribution in [-0.4, -0.2) is 40.8 Å². The fourth-order valence-electron chi connectivity index (χ4n) is 2.77. The van der Waals surface area contributed by atoms with Crippen LogP contribution in [0.5, 0.6) is 0 Å².